The molecule has 1 aromatic heterocycles. The second kappa shape index (κ2) is 7.21. The Morgan fingerprint density at radius 2 is 2.10 bits per heavy atom. The summed E-state index contributed by atoms with van der Waals surface area (Å²) in [5, 5.41) is 4.34. The van der Waals surface area contributed by atoms with E-state index in [1.165, 1.54) is 0 Å². The second-order valence-electron chi connectivity index (χ2n) is 4.76. The van der Waals surface area contributed by atoms with Gasteiger partial charge in [-0.3, -0.25) is 4.98 Å². The van der Waals surface area contributed by atoms with Crippen LogP contribution in [0, 0.1) is 6.92 Å². The number of aryl methyl sites for hydroxylation is 1. The maximum atomic E-state index is 6.45. The number of nitrogens with one attached hydrogen (secondary N) is 1. The Labute approximate surface area is 133 Å². The number of hydrogen-bond acceptors (Lipinski definition) is 2. The summed E-state index contributed by atoms with van der Waals surface area (Å²) in [6.07, 6.45) is 2.65. The van der Waals surface area contributed by atoms with E-state index in [0.717, 1.165) is 39.3 Å². The van der Waals surface area contributed by atoms with Crippen molar-refractivity contribution in [3.8, 4) is 0 Å². The number of likely N-dealkylation sites (N-methyl/N-ethyl adjacent to an activating group) is 1. The van der Waals surface area contributed by atoms with Gasteiger partial charge >= 0.3 is 0 Å². The number of aromatic nitrogens is 1. The minimum atomic E-state index is 0.182. The largest absolute Gasteiger partial charge is 0.310 e. The molecule has 0 bridgehead atoms. The number of halogens is 2. The average molecular weight is 354 g/mol. The maximum absolute atomic E-state index is 6.45. The van der Waals surface area contributed by atoms with Crippen LogP contribution in [0.5, 0.6) is 0 Å². The summed E-state index contributed by atoms with van der Waals surface area (Å²) >= 11 is 9.86. The summed E-state index contributed by atoms with van der Waals surface area (Å²) in [4.78, 5) is 4.45. The van der Waals surface area contributed by atoms with Crippen molar-refractivity contribution in [1.29, 1.82) is 0 Å². The summed E-state index contributed by atoms with van der Waals surface area (Å²) in [5.41, 5.74) is 3.30. The molecule has 4 heteroatoms. The van der Waals surface area contributed by atoms with Crippen LogP contribution in [-0.4, -0.2) is 11.5 Å². The molecule has 2 aromatic rings. The average Bonchev–Trinajstić information content (AvgIpc) is 2.44. The lowest BCUT2D eigenvalue weighted by molar-refractivity contribution is 0.544. The van der Waals surface area contributed by atoms with Crippen LogP contribution in [0.25, 0.3) is 0 Å². The van der Waals surface area contributed by atoms with Gasteiger partial charge in [-0.25, -0.2) is 0 Å². The van der Waals surface area contributed by atoms with Gasteiger partial charge in [-0.2, -0.15) is 0 Å². The van der Waals surface area contributed by atoms with Crippen molar-refractivity contribution in [2.24, 2.45) is 0 Å². The molecule has 20 heavy (non-hydrogen) atoms. The van der Waals surface area contributed by atoms with E-state index in [0.29, 0.717) is 0 Å². The Hall–Kier alpha value is -0.900. The highest BCUT2D eigenvalue weighted by atomic mass is 79.9. The van der Waals surface area contributed by atoms with Crippen molar-refractivity contribution in [2.45, 2.75) is 26.3 Å². The van der Waals surface area contributed by atoms with E-state index in [4.69, 9.17) is 11.6 Å². The topological polar surface area (TPSA) is 24.9 Å². The number of nitrogens with zero attached hydrogens (tertiary/aromatic N) is 1. The van der Waals surface area contributed by atoms with Gasteiger partial charge in [-0.05, 0) is 52.7 Å². The Morgan fingerprint density at radius 1 is 1.30 bits per heavy atom. The zero-order valence-electron chi connectivity index (χ0n) is 11.7. The zero-order chi connectivity index (χ0) is 14.5. The molecule has 0 saturated carbocycles. The van der Waals surface area contributed by atoms with Gasteiger partial charge in [0, 0.05) is 33.8 Å². The molecule has 0 fully saturated rings. The minimum absolute atomic E-state index is 0.182. The van der Waals surface area contributed by atoms with Gasteiger partial charge in [0.1, 0.15) is 0 Å². The molecule has 1 N–H and O–H groups in total. The second-order valence-corrected chi connectivity index (χ2v) is 6.05. The summed E-state index contributed by atoms with van der Waals surface area (Å²) in [5.74, 6) is 0. The van der Waals surface area contributed by atoms with Gasteiger partial charge in [0.05, 0.1) is 0 Å². The van der Waals surface area contributed by atoms with Crippen LogP contribution >= 0.6 is 27.5 Å². The number of rotatable bonds is 5. The molecule has 0 saturated heterocycles. The first-order valence-corrected chi connectivity index (χ1v) is 7.87. The Bertz CT molecular complexity index is 569. The summed E-state index contributed by atoms with van der Waals surface area (Å²) < 4.78 is 0.995. The van der Waals surface area contributed by atoms with Crippen LogP contribution in [-0.2, 0) is 6.42 Å². The van der Waals surface area contributed by atoms with E-state index >= 15 is 0 Å². The summed E-state index contributed by atoms with van der Waals surface area (Å²) in [6, 6.07) is 10.4. The zero-order valence-corrected chi connectivity index (χ0v) is 14.0. The molecule has 0 spiro atoms. The lowest BCUT2D eigenvalue weighted by Crippen LogP contribution is -2.23. The standard InChI is InChI=1S/C16H18BrClN2/c1-3-19-15(9-13-8-7-12(17)10-20-13)14-6-4-5-11(2)16(14)18/h4-8,10,15,19H,3,9H2,1-2H3. The van der Waals surface area contributed by atoms with E-state index < -0.39 is 0 Å². The fourth-order valence-corrected chi connectivity index (χ4v) is 2.71. The number of hydrogen-bond donors (Lipinski definition) is 1. The molecule has 0 aliphatic rings. The van der Waals surface area contributed by atoms with E-state index in [2.05, 4.69) is 45.3 Å². The fourth-order valence-electron chi connectivity index (χ4n) is 2.21. The first-order chi connectivity index (χ1) is 9.61. The highest BCUT2D eigenvalue weighted by Gasteiger charge is 2.16. The van der Waals surface area contributed by atoms with Gasteiger partial charge < -0.3 is 5.32 Å². The maximum Gasteiger partial charge on any atom is 0.0483 e. The first kappa shape index (κ1) is 15.5. The highest BCUT2D eigenvalue weighted by molar-refractivity contribution is 9.10. The lowest BCUT2D eigenvalue weighted by atomic mass is 9.99. The molecule has 0 aliphatic heterocycles. The van der Waals surface area contributed by atoms with Crippen LogP contribution in [0.2, 0.25) is 5.02 Å². The normalized spacial score (nSPS) is 12.4. The third-order valence-corrected chi connectivity index (χ3v) is 4.23. The van der Waals surface area contributed by atoms with E-state index in [1.807, 2.05) is 31.3 Å². The minimum Gasteiger partial charge on any atom is -0.310 e. The first-order valence-electron chi connectivity index (χ1n) is 6.70. The predicted molar refractivity (Wildman–Crippen MR) is 88.2 cm³/mol. The van der Waals surface area contributed by atoms with Gasteiger partial charge in [-0.1, -0.05) is 36.7 Å². The van der Waals surface area contributed by atoms with Crippen molar-refractivity contribution in [3.05, 3.63) is 62.8 Å². The summed E-state index contributed by atoms with van der Waals surface area (Å²) in [6.45, 7) is 5.03. The van der Waals surface area contributed by atoms with Crippen molar-refractivity contribution in [1.82, 2.24) is 10.3 Å². The van der Waals surface area contributed by atoms with E-state index in [9.17, 15) is 0 Å². The number of pyridine rings is 1. The Balaban J connectivity index is 2.26. The SMILES string of the molecule is CCNC(Cc1ccc(Br)cn1)c1cccc(C)c1Cl. The van der Waals surface area contributed by atoms with Gasteiger partial charge in [0.25, 0.3) is 0 Å². The third-order valence-electron chi connectivity index (χ3n) is 3.25. The molecule has 0 aliphatic carbocycles. The van der Waals surface area contributed by atoms with Crippen molar-refractivity contribution >= 4 is 27.5 Å². The highest BCUT2D eigenvalue weighted by Crippen LogP contribution is 2.28. The van der Waals surface area contributed by atoms with E-state index in [1.54, 1.807) is 0 Å². The van der Waals surface area contributed by atoms with Crippen molar-refractivity contribution in [3.63, 3.8) is 0 Å². The molecule has 0 amide bonds. The quantitative estimate of drug-likeness (QED) is 0.843. The molecule has 106 valence electrons. The summed E-state index contributed by atoms with van der Waals surface area (Å²) in [7, 11) is 0. The van der Waals surface area contributed by atoms with Crippen LogP contribution < -0.4 is 5.32 Å². The molecule has 1 unspecified atom stereocenters. The van der Waals surface area contributed by atoms with Gasteiger partial charge in [-0.15, -0.1) is 0 Å². The molecule has 2 nitrogen and oxygen atoms in total. The van der Waals surface area contributed by atoms with Crippen LogP contribution in [0.1, 0.15) is 29.8 Å². The smallest absolute Gasteiger partial charge is 0.0483 e. The fraction of sp³-hybridized carbons (Fsp3) is 0.312. The number of benzene rings is 1. The molecule has 1 aromatic carbocycles. The molecular weight excluding hydrogens is 336 g/mol. The molecule has 2 rings (SSSR count). The van der Waals surface area contributed by atoms with Crippen LogP contribution in [0.3, 0.4) is 0 Å². The van der Waals surface area contributed by atoms with Gasteiger partial charge in [0.15, 0.2) is 0 Å². The van der Waals surface area contributed by atoms with Crippen molar-refractivity contribution < 1.29 is 0 Å². The predicted octanol–water partition coefficient (Wildman–Crippen LogP) is 4.70. The lowest BCUT2D eigenvalue weighted by Gasteiger charge is -2.20. The molecule has 1 atom stereocenters. The van der Waals surface area contributed by atoms with Crippen LogP contribution in [0.4, 0.5) is 0 Å². The van der Waals surface area contributed by atoms with E-state index in [-0.39, 0.29) is 6.04 Å². The van der Waals surface area contributed by atoms with Crippen LogP contribution in [0.15, 0.2) is 41.0 Å². The third kappa shape index (κ3) is 3.81. The monoisotopic (exact) mass is 352 g/mol. The molecule has 0 radical (unpaired) electrons. The molecular formula is C16H18BrClN2. The Morgan fingerprint density at radius 3 is 2.75 bits per heavy atom. The van der Waals surface area contributed by atoms with Crippen molar-refractivity contribution in [2.75, 3.05) is 6.54 Å². The Kier molecular flexibility index (Phi) is 5.58. The van der Waals surface area contributed by atoms with Gasteiger partial charge in [0.2, 0.25) is 0 Å². The molecule has 1 heterocycles.